The Morgan fingerprint density at radius 3 is 1.02 bits per heavy atom. The van der Waals surface area contributed by atoms with E-state index in [0.717, 1.165) is 110 Å². The lowest BCUT2D eigenvalue weighted by atomic mass is 9.45. The second kappa shape index (κ2) is 13.3. The van der Waals surface area contributed by atoms with Gasteiger partial charge >= 0.3 is 13.7 Å². The molecule has 380 valence electrons. The average molecular weight is 1060 g/mol. The van der Waals surface area contributed by atoms with Gasteiger partial charge in [-0.15, -0.1) is 0 Å². The molecule has 4 aliphatic rings. The van der Waals surface area contributed by atoms with Crippen LogP contribution < -0.4 is 21.9 Å². The van der Waals surface area contributed by atoms with Gasteiger partial charge in [-0.1, -0.05) is 133 Å². The Morgan fingerprint density at radius 1 is 0.238 bits per heavy atom. The van der Waals surface area contributed by atoms with Crippen molar-refractivity contribution < 1.29 is 17.7 Å². The van der Waals surface area contributed by atoms with Gasteiger partial charge in [-0.3, -0.25) is 0 Å². The standard InChI is InChI=1S/C74H34B2N4O4/c1-5-19-59-35(11-1)49-27-47-43-25-23-39-41-15-9-17-45-69(41)79(75-53-31-63-51(37-13-3-7-21-61(37)81-63)29-57(53)77(71(43)67(39)75)55(47)33-65(49)83-59)73-46-18-10-16-42-40-24-26-44-48-28-50-36-12-2-6-20-60(36)84-66(50)34-56(48)78-58-30-52-38-14-4-8-22-62(38)82-64(52)32-54(58)76(68(40)72(44)78)80(70(42)46)74(45)73/h1-34H. The molecule has 0 atom stereocenters. The lowest BCUT2D eigenvalue weighted by molar-refractivity contribution is 0.668. The molecule has 0 aliphatic carbocycles. The van der Waals surface area contributed by atoms with Gasteiger partial charge in [0, 0.05) is 121 Å². The number of nitrogens with zero attached hydrogens (tertiary/aromatic N) is 4. The summed E-state index contributed by atoms with van der Waals surface area (Å²) in [4.78, 5) is 0. The van der Waals surface area contributed by atoms with Crippen molar-refractivity contribution in [2.75, 3.05) is 0 Å². The van der Waals surface area contributed by atoms with Gasteiger partial charge in [0.2, 0.25) is 0 Å². The topological polar surface area (TPSA) is 72.3 Å². The van der Waals surface area contributed by atoms with Crippen LogP contribution in [0.1, 0.15) is 0 Å². The first-order valence-corrected chi connectivity index (χ1v) is 29.0. The fourth-order valence-electron chi connectivity index (χ4n) is 17.3. The number of rotatable bonds is 0. The summed E-state index contributed by atoms with van der Waals surface area (Å²) in [6, 6.07) is 76.5. The third kappa shape index (κ3) is 4.33. The highest BCUT2D eigenvalue weighted by molar-refractivity contribution is 6.92. The van der Waals surface area contributed by atoms with Crippen molar-refractivity contribution in [1.29, 1.82) is 0 Å². The SMILES string of the molecule is c1ccc2c(c1)oc1cc3c(cc12)-n1c2cc4oc5ccccc5c4cc2c2ccc4c(c21)B3n1c2c-4cccc2c2c1c1cccc3c1n2B1c2cc4oc5ccccc5c4cc2-n2c4cc5oc6ccccc6c5cc4c4ccc-3c1c42. The normalized spacial score (nSPS) is 13.9. The summed E-state index contributed by atoms with van der Waals surface area (Å²) in [5.41, 5.74) is 29.1. The minimum Gasteiger partial charge on any atom is -0.456 e. The highest BCUT2D eigenvalue weighted by Crippen LogP contribution is 2.52. The second-order valence-corrected chi connectivity index (χ2v) is 24.1. The summed E-state index contributed by atoms with van der Waals surface area (Å²) >= 11 is 0. The monoisotopic (exact) mass is 1060 g/mol. The van der Waals surface area contributed by atoms with Crippen molar-refractivity contribution in [1.82, 2.24) is 18.1 Å². The fourth-order valence-corrected chi connectivity index (χ4v) is 17.3. The molecule has 10 heteroatoms. The summed E-state index contributed by atoms with van der Waals surface area (Å²) < 4.78 is 37.8. The molecule has 0 N–H and O–H groups in total. The third-order valence-electron chi connectivity index (χ3n) is 20.5. The highest BCUT2D eigenvalue weighted by Gasteiger charge is 2.47. The van der Waals surface area contributed by atoms with Crippen LogP contribution in [-0.2, 0) is 0 Å². The molecule has 84 heavy (non-hydrogen) atoms. The molecular formula is C74H34B2N4O4. The molecule has 0 fully saturated rings. The molecule has 24 rings (SSSR count). The van der Waals surface area contributed by atoms with E-state index in [0.29, 0.717) is 0 Å². The van der Waals surface area contributed by atoms with Crippen molar-refractivity contribution in [3.8, 4) is 33.6 Å². The second-order valence-electron chi connectivity index (χ2n) is 24.1. The van der Waals surface area contributed by atoms with E-state index in [-0.39, 0.29) is 13.7 Å². The van der Waals surface area contributed by atoms with Gasteiger partial charge in [-0.2, -0.15) is 0 Å². The molecule has 0 saturated heterocycles. The van der Waals surface area contributed by atoms with Crippen LogP contribution in [0.2, 0.25) is 0 Å². The van der Waals surface area contributed by atoms with E-state index < -0.39 is 0 Å². The average Bonchev–Trinajstić information content (AvgIpc) is 1.53. The van der Waals surface area contributed by atoms with Gasteiger partial charge in [-0.05, 0) is 93.6 Å². The number of hydrogen-bond acceptors (Lipinski definition) is 4. The first-order valence-electron chi connectivity index (χ1n) is 29.0. The molecule has 0 unspecified atom stereocenters. The van der Waals surface area contributed by atoms with E-state index in [1.54, 1.807) is 0 Å². The van der Waals surface area contributed by atoms with E-state index in [1.807, 2.05) is 0 Å². The van der Waals surface area contributed by atoms with E-state index in [2.05, 4.69) is 224 Å². The first-order chi connectivity index (χ1) is 41.7. The van der Waals surface area contributed by atoms with Crippen molar-refractivity contribution in [2.45, 2.75) is 0 Å². The molecule has 12 heterocycles. The van der Waals surface area contributed by atoms with E-state index in [4.69, 9.17) is 17.7 Å². The maximum Gasteiger partial charge on any atom is 0.333 e. The Balaban J connectivity index is 0.866. The zero-order chi connectivity index (χ0) is 53.4. The van der Waals surface area contributed by atoms with Crippen LogP contribution in [0, 0.1) is 0 Å². The van der Waals surface area contributed by atoms with Gasteiger partial charge in [0.15, 0.2) is 0 Å². The summed E-state index contributed by atoms with van der Waals surface area (Å²) in [5, 5.41) is 16.3. The Kier molecular flexibility index (Phi) is 6.49. The van der Waals surface area contributed by atoms with Crippen LogP contribution in [0.5, 0.6) is 0 Å². The Hall–Kier alpha value is -11.1. The zero-order valence-electron chi connectivity index (χ0n) is 44.2. The van der Waals surface area contributed by atoms with Crippen LogP contribution in [0.15, 0.2) is 224 Å². The van der Waals surface area contributed by atoms with E-state index in [9.17, 15) is 0 Å². The van der Waals surface area contributed by atoms with Gasteiger partial charge < -0.3 is 35.8 Å². The predicted molar refractivity (Wildman–Crippen MR) is 344 cm³/mol. The van der Waals surface area contributed by atoms with Gasteiger partial charge in [0.05, 0.1) is 33.1 Å². The first kappa shape index (κ1) is 41.0. The number of furan rings is 4. The number of benzene rings is 12. The third-order valence-corrected chi connectivity index (χ3v) is 20.5. The number of para-hydroxylation sites is 6. The van der Waals surface area contributed by atoms with Crippen LogP contribution in [0.3, 0.4) is 0 Å². The largest absolute Gasteiger partial charge is 0.456 e. The molecule has 0 bridgehead atoms. The number of aromatic nitrogens is 4. The smallest absolute Gasteiger partial charge is 0.333 e. The maximum atomic E-state index is 6.90. The van der Waals surface area contributed by atoms with E-state index >= 15 is 0 Å². The summed E-state index contributed by atoms with van der Waals surface area (Å²) in [6.07, 6.45) is 0. The van der Waals surface area contributed by atoms with Gasteiger partial charge in [0.1, 0.15) is 44.7 Å². The molecule has 8 nitrogen and oxygen atoms in total. The fraction of sp³-hybridized carbons (Fsp3) is 0. The van der Waals surface area contributed by atoms with Gasteiger partial charge in [0.25, 0.3) is 0 Å². The molecule has 4 aliphatic heterocycles. The molecule has 0 amide bonds. The maximum absolute atomic E-state index is 6.90. The van der Waals surface area contributed by atoms with Crippen molar-refractivity contribution in [2.24, 2.45) is 0 Å². The zero-order valence-corrected chi connectivity index (χ0v) is 44.2. The highest BCUT2D eigenvalue weighted by atomic mass is 16.3. The lowest BCUT2D eigenvalue weighted by Crippen LogP contribution is -2.55. The molecule has 8 aromatic heterocycles. The Labute approximate surface area is 472 Å². The Morgan fingerprint density at radius 2 is 0.607 bits per heavy atom. The molecule has 20 aromatic rings. The number of hydrogen-bond donors (Lipinski definition) is 0. The van der Waals surface area contributed by atoms with Crippen LogP contribution in [0.4, 0.5) is 0 Å². The van der Waals surface area contributed by atoms with Crippen molar-refractivity contribution in [3.63, 3.8) is 0 Å². The van der Waals surface area contributed by atoms with Crippen molar-refractivity contribution in [3.05, 3.63) is 206 Å². The molecule has 0 radical (unpaired) electrons. The quantitative estimate of drug-likeness (QED) is 0.142. The predicted octanol–water partition coefficient (Wildman–Crippen LogP) is 16.4. The minimum absolute atomic E-state index is 0.213. The molecule has 0 saturated carbocycles. The Bertz CT molecular complexity index is 6300. The number of fused-ring (bicyclic) bond motifs is 33. The summed E-state index contributed by atoms with van der Waals surface area (Å²) in [6.45, 7) is -0.426. The molecule has 0 spiro atoms. The summed E-state index contributed by atoms with van der Waals surface area (Å²) in [5.74, 6) is 0. The van der Waals surface area contributed by atoms with E-state index in [1.165, 1.54) is 110 Å². The van der Waals surface area contributed by atoms with Crippen LogP contribution >= 0.6 is 0 Å². The van der Waals surface area contributed by atoms with Crippen LogP contribution in [0.25, 0.3) is 198 Å². The molecular weight excluding hydrogens is 1030 g/mol. The van der Waals surface area contributed by atoms with Crippen molar-refractivity contribution >= 4 is 200 Å². The minimum atomic E-state index is -0.213. The van der Waals surface area contributed by atoms with Gasteiger partial charge in [-0.25, -0.2) is 0 Å². The lowest BCUT2D eigenvalue weighted by Gasteiger charge is -2.34. The van der Waals surface area contributed by atoms with Crippen LogP contribution in [-0.4, -0.2) is 31.8 Å². The summed E-state index contributed by atoms with van der Waals surface area (Å²) in [7, 11) is 0. The molecule has 12 aromatic carbocycles.